The number of hydrogen-bond acceptors (Lipinski definition) is 2. The summed E-state index contributed by atoms with van der Waals surface area (Å²) in [6.07, 6.45) is 0. The highest BCUT2D eigenvalue weighted by Crippen LogP contribution is 2.40. The number of phenolic OH excluding ortho intramolecular Hbond substituents is 1. The van der Waals surface area contributed by atoms with Gasteiger partial charge in [0.25, 0.3) is 0 Å². The van der Waals surface area contributed by atoms with Crippen LogP contribution in [0, 0.1) is 0 Å². The van der Waals surface area contributed by atoms with E-state index in [0.717, 1.165) is 52.8 Å². The molecule has 2 nitrogen and oxygen atoms in total. The Morgan fingerprint density at radius 1 is 0.500 bits per heavy atom. The Hall–Kier alpha value is -3.60. The Kier molecular flexibility index (Phi) is 6.00. The third-order valence-corrected chi connectivity index (χ3v) is 7.70. The molecule has 0 saturated heterocycles. The Morgan fingerprint density at radius 2 is 1.03 bits per heavy atom. The zero-order chi connectivity index (χ0) is 24.6. The minimum absolute atomic E-state index is 0.333. The molecule has 0 aliphatic rings. The third kappa shape index (κ3) is 3.97. The van der Waals surface area contributed by atoms with Gasteiger partial charge in [-0.3, -0.25) is 0 Å². The van der Waals surface area contributed by atoms with Gasteiger partial charge in [-0.1, -0.05) is 129 Å². The summed E-state index contributed by atoms with van der Waals surface area (Å²) in [5.74, 6) is 0.333. The van der Waals surface area contributed by atoms with Crippen molar-refractivity contribution in [2.45, 2.75) is 0 Å². The highest BCUT2D eigenvalue weighted by atomic mass is 79.9. The molecular formula is C32H20Br2O2. The Labute approximate surface area is 225 Å². The first kappa shape index (κ1) is 22.8. The topological polar surface area (TPSA) is 33.4 Å². The van der Waals surface area contributed by atoms with Crippen molar-refractivity contribution >= 4 is 75.3 Å². The van der Waals surface area contributed by atoms with E-state index in [2.05, 4.69) is 56.1 Å². The lowest BCUT2D eigenvalue weighted by Gasteiger charge is -2.10. The van der Waals surface area contributed by atoms with Crippen molar-refractivity contribution in [1.29, 1.82) is 0 Å². The third-order valence-electron chi connectivity index (χ3n) is 6.38. The molecule has 1 N–H and O–H groups in total. The van der Waals surface area contributed by atoms with E-state index in [1.165, 1.54) is 10.8 Å². The summed E-state index contributed by atoms with van der Waals surface area (Å²) in [6, 6.07) is 38.3. The first-order valence-corrected chi connectivity index (χ1v) is 13.1. The van der Waals surface area contributed by atoms with Crippen LogP contribution in [0.15, 0.2) is 129 Å². The molecule has 0 unspecified atom stereocenters. The number of furan rings is 1. The van der Waals surface area contributed by atoms with E-state index in [1.807, 2.05) is 91.0 Å². The van der Waals surface area contributed by atoms with Gasteiger partial charge < -0.3 is 9.52 Å². The van der Waals surface area contributed by atoms with Crippen LogP contribution in [0.5, 0.6) is 5.75 Å². The van der Waals surface area contributed by atoms with Gasteiger partial charge in [-0.05, 0) is 34.5 Å². The van der Waals surface area contributed by atoms with E-state index in [-0.39, 0.29) is 0 Å². The van der Waals surface area contributed by atoms with E-state index in [9.17, 15) is 5.11 Å². The number of fused-ring (bicyclic) bond motifs is 6. The van der Waals surface area contributed by atoms with Gasteiger partial charge in [-0.15, -0.1) is 0 Å². The SMILES string of the molecule is Brc1cc2c3ccccc3oc2c2ccccc12.Oc1c(-c2ccccc2)cc(Br)c2ccccc12. The van der Waals surface area contributed by atoms with Crippen molar-refractivity contribution in [3.8, 4) is 16.9 Å². The summed E-state index contributed by atoms with van der Waals surface area (Å²) in [4.78, 5) is 0. The zero-order valence-corrected chi connectivity index (χ0v) is 22.3. The molecule has 0 bridgehead atoms. The number of halogens is 2. The van der Waals surface area contributed by atoms with Gasteiger partial charge in [-0.25, -0.2) is 0 Å². The molecule has 0 radical (unpaired) electrons. The predicted octanol–water partition coefficient (Wildman–Crippen LogP) is 10.5. The largest absolute Gasteiger partial charge is 0.507 e. The summed E-state index contributed by atoms with van der Waals surface area (Å²) in [7, 11) is 0. The van der Waals surface area contributed by atoms with Crippen molar-refractivity contribution in [3.05, 3.63) is 124 Å². The van der Waals surface area contributed by atoms with Crippen molar-refractivity contribution in [1.82, 2.24) is 0 Å². The Bertz CT molecular complexity index is 1870. The number of benzene rings is 6. The van der Waals surface area contributed by atoms with Crippen molar-refractivity contribution in [3.63, 3.8) is 0 Å². The fourth-order valence-corrected chi connectivity index (χ4v) is 5.81. The molecule has 4 heteroatoms. The van der Waals surface area contributed by atoms with E-state index in [0.29, 0.717) is 5.75 Å². The number of phenols is 1. The molecule has 1 aromatic heterocycles. The highest BCUT2D eigenvalue weighted by Gasteiger charge is 2.12. The van der Waals surface area contributed by atoms with Crippen molar-refractivity contribution in [2.75, 3.05) is 0 Å². The average Bonchev–Trinajstić information content (AvgIpc) is 3.30. The smallest absolute Gasteiger partial charge is 0.143 e. The maximum atomic E-state index is 10.4. The fourth-order valence-electron chi connectivity index (χ4n) is 4.66. The Morgan fingerprint density at radius 3 is 1.75 bits per heavy atom. The van der Waals surface area contributed by atoms with Crippen LogP contribution < -0.4 is 0 Å². The van der Waals surface area contributed by atoms with Crippen molar-refractivity contribution in [2.24, 2.45) is 0 Å². The quantitative estimate of drug-likeness (QED) is 0.205. The lowest BCUT2D eigenvalue weighted by atomic mass is 10.00. The van der Waals surface area contributed by atoms with Crippen molar-refractivity contribution < 1.29 is 9.52 Å². The van der Waals surface area contributed by atoms with Gasteiger partial charge >= 0.3 is 0 Å². The van der Waals surface area contributed by atoms with Gasteiger partial charge in [0, 0.05) is 36.1 Å². The second kappa shape index (κ2) is 9.45. The van der Waals surface area contributed by atoms with Gasteiger partial charge in [0.15, 0.2) is 0 Å². The second-order valence-electron chi connectivity index (χ2n) is 8.55. The molecule has 36 heavy (non-hydrogen) atoms. The molecule has 0 amide bonds. The number of para-hydroxylation sites is 1. The normalized spacial score (nSPS) is 11.2. The van der Waals surface area contributed by atoms with E-state index in [1.54, 1.807) is 0 Å². The predicted molar refractivity (Wildman–Crippen MR) is 158 cm³/mol. The molecular weight excluding hydrogens is 576 g/mol. The summed E-state index contributed by atoms with van der Waals surface area (Å²) < 4.78 is 8.10. The first-order valence-electron chi connectivity index (χ1n) is 11.6. The van der Waals surface area contributed by atoms with E-state index < -0.39 is 0 Å². The van der Waals surface area contributed by atoms with Gasteiger partial charge in [0.2, 0.25) is 0 Å². The molecule has 0 spiro atoms. The molecule has 174 valence electrons. The second-order valence-corrected chi connectivity index (χ2v) is 10.3. The highest BCUT2D eigenvalue weighted by molar-refractivity contribution is 9.11. The van der Waals surface area contributed by atoms with Crippen LogP contribution in [0.1, 0.15) is 0 Å². The molecule has 0 aliphatic heterocycles. The van der Waals surface area contributed by atoms with Gasteiger partial charge in [0.05, 0.1) is 0 Å². The molecule has 0 aliphatic carbocycles. The molecule has 0 fully saturated rings. The standard InChI is InChI=1S/C16H9BrO.C16H11BrO/c17-14-9-13-11-6-3-4-8-15(11)18-16(13)12-7-2-1-5-10(12)14;17-15-10-14(11-6-2-1-3-7-11)16(18)13-9-5-4-8-12(13)15/h1-9H;1-10,18H. The molecule has 6 aromatic carbocycles. The molecule has 0 atom stereocenters. The van der Waals surface area contributed by atoms with Crippen LogP contribution in [-0.2, 0) is 0 Å². The number of hydrogen-bond donors (Lipinski definition) is 1. The monoisotopic (exact) mass is 594 g/mol. The molecule has 0 saturated carbocycles. The van der Waals surface area contributed by atoms with E-state index in [4.69, 9.17) is 4.42 Å². The van der Waals surface area contributed by atoms with Crippen LogP contribution in [-0.4, -0.2) is 5.11 Å². The minimum atomic E-state index is 0.333. The molecule has 7 rings (SSSR count). The van der Waals surface area contributed by atoms with Crippen LogP contribution >= 0.6 is 31.9 Å². The summed E-state index contributed by atoms with van der Waals surface area (Å²) in [5.41, 5.74) is 3.77. The zero-order valence-electron chi connectivity index (χ0n) is 19.1. The lowest BCUT2D eigenvalue weighted by Crippen LogP contribution is -1.83. The van der Waals surface area contributed by atoms with Crippen LogP contribution in [0.25, 0.3) is 54.6 Å². The van der Waals surface area contributed by atoms with Gasteiger partial charge in [-0.2, -0.15) is 0 Å². The van der Waals surface area contributed by atoms with Gasteiger partial charge in [0.1, 0.15) is 16.9 Å². The summed E-state index contributed by atoms with van der Waals surface area (Å²) in [5, 5.41) is 17.0. The van der Waals surface area contributed by atoms with Crippen LogP contribution in [0.2, 0.25) is 0 Å². The Balaban J connectivity index is 0.000000133. The maximum Gasteiger partial charge on any atom is 0.143 e. The minimum Gasteiger partial charge on any atom is -0.507 e. The number of rotatable bonds is 1. The summed E-state index contributed by atoms with van der Waals surface area (Å²) in [6.45, 7) is 0. The molecule has 7 aromatic rings. The van der Waals surface area contributed by atoms with Crippen LogP contribution in [0.3, 0.4) is 0 Å². The molecule has 1 heterocycles. The summed E-state index contributed by atoms with van der Waals surface area (Å²) >= 11 is 7.21. The number of aromatic hydroxyl groups is 1. The fraction of sp³-hybridized carbons (Fsp3) is 0. The van der Waals surface area contributed by atoms with Crippen LogP contribution in [0.4, 0.5) is 0 Å². The maximum absolute atomic E-state index is 10.4. The van der Waals surface area contributed by atoms with E-state index >= 15 is 0 Å². The average molecular weight is 596 g/mol. The lowest BCUT2D eigenvalue weighted by molar-refractivity contribution is 0.483. The first-order chi connectivity index (χ1) is 17.6.